The molecule has 3 aromatic rings. The summed E-state index contributed by atoms with van der Waals surface area (Å²) in [5.74, 6) is -0.930. The fourth-order valence-corrected chi connectivity index (χ4v) is 3.26. The summed E-state index contributed by atoms with van der Waals surface area (Å²) in [6.07, 6.45) is 5.97. The predicted octanol–water partition coefficient (Wildman–Crippen LogP) is 4.71. The van der Waals surface area contributed by atoms with E-state index in [1.807, 2.05) is 35.1 Å². The van der Waals surface area contributed by atoms with Crippen molar-refractivity contribution >= 4 is 29.2 Å². The quantitative estimate of drug-likeness (QED) is 0.744. The number of nitrogens with zero attached hydrogens (tertiary/aromatic N) is 2. The Hall–Kier alpha value is -2.85. The summed E-state index contributed by atoms with van der Waals surface area (Å²) in [5.41, 5.74) is 5.75. The average Bonchev–Trinajstić information content (AvgIpc) is 3.20. The standard InChI is InChI=1S/C20H15ClN2O2/c21-17-7-1-13(2-8-17)11-15-3-4-16-12-22-23(19(15)16)18-9-5-14(6-10-18)20(24)25/h1-2,5-12H,3-4H2,(H,24,25)/b15-11+. The molecule has 25 heavy (non-hydrogen) atoms. The van der Waals surface area contributed by atoms with Crippen molar-refractivity contribution in [3.8, 4) is 5.69 Å². The van der Waals surface area contributed by atoms with Crippen LogP contribution in [0.3, 0.4) is 0 Å². The van der Waals surface area contributed by atoms with Crippen LogP contribution in [0.15, 0.2) is 54.7 Å². The summed E-state index contributed by atoms with van der Waals surface area (Å²) >= 11 is 5.96. The molecule has 0 fully saturated rings. The van der Waals surface area contributed by atoms with Gasteiger partial charge in [-0.05, 0) is 72.0 Å². The second kappa shape index (κ2) is 6.22. The maximum absolute atomic E-state index is 11.0. The molecule has 0 aliphatic heterocycles. The summed E-state index contributed by atoms with van der Waals surface area (Å²) in [7, 11) is 0. The molecule has 0 radical (unpaired) electrons. The first-order valence-electron chi connectivity index (χ1n) is 7.99. The highest BCUT2D eigenvalue weighted by molar-refractivity contribution is 6.30. The molecule has 2 aromatic carbocycles. The van der Waals surface area contributed by atoms with Gasteiger partial charge in [-0.3, -0.25) is 0 Å². The number of carboxylic acids is 1. The van der Waals surface area contributed by atoms with Crippen LogP contribution in [-0.2, 0) is 6.42 Å². The first-order valence-corrected chi connectivity index (χ1v) is 8.37. The zero-order chi connectivity index (χ0) is 17.4. The summed E-state index contributed by atoms with van der Waals surface area (Å²) in [5, 5.41) is 14.3. The largest absolute Gasteiger partial charge is 0.478 e. The van der Waals surface area contributed by atoms with Crippen molar-refractivity contribution in [3.05, 3.63) is 82.1 Å². The summed E-state index contributed by atoms with van der Waals surface area (Å²) in [6.45, 7) is 0. The first-order chi connectivity index (χ1) is 12.1. The van der Waals surface area contributed by atoms with Gasteiger partial charge in [0.05, 0.1) is 23.1 Å². The predicted molar refractivity (Wildman–Crippen MR) is 98.2 cm³/mol. The molecule has 0 bridgehead atoms. The van der Waals surface area contributed by atoms with E-state index < -0.39 is 5.97 Å². The monoisotopic (exact) mass is 350 g/mol. The van der Waals surface area contributed by atoms with Crippen molar-refractivity contribution in [2.24, 2.45) is 0 Å². The van der Waals surface area contributed by atoms with Crippen molar-refractivity contribution in [1.82, 2.24) is 9.78 Å². The van der Waals surface area contributed by atoms with Crippen LogP contribution in [0, 0.1) is 0 Å². The molecule has 0 amide bonds. The Kier molecular flexibility index (Phi) is 3.90. The van der Waals surface area contributed by atoms with E-state index in [4.69, 9.17) is 16.7 Å². The number of carboxylic acid groups (broad SMARTS) is 1. The van der Waals surface area contributed by atoms with Crippen molar-refractivity contribution in [2.75, 3.05) is 0 Å². The van der Waals surface area contributed by atoms with Crippen LogP contribution >= 0.6 is 11.6 Å². The lowest BCUT2D eigenvalue weighted by Crippen LogP contribution is -2.02. The summed E-state index contributed by atoms with van der Waals surface area (Å²) in [6, 6.07) is 14.5. The van der Waals surface area contributed by atoms with Crippen molar-refractivity contribution < 1.29 is 9.90 Å². The minimum absolute atomic E-state index is 0.268. The van der Waals surface area contributed by atoms with E-state index in [0.717, 1.165) is 34.8 Å². The minimum atomic E-state index is -0.930. The molecule has 0 saturated heterocycles. The van der Waals surface area contributed by atoms with Crippen molar-refractivity contribution in [1.29, 1.82) is 0 Å². The fraction of sp³-hybridized carbons (Fsp3) is 0.100. The highest BCUT2D eigenvalue weighted by atomic mass is 35.5. The van der Waals surface area contributed by atoms with Crippen LogP contribution in [0.25, 0.3) is 17.3 Å². The van der Waals surface area contributed by atoms with Gasteiger partial charge in [0.1, 0.15) is 0 Å². The Morgan fingerprint density at radius 3 is 2.48 bits per heavy atom. The van der Waals surface area contributed by atoms with E-state index in [1.165, 1.54) is 11.1 Å². The van der Waals surface area contributed by atoms with E-state index in [1.54, 1.807) is 24.3 Å². The van der Waals surface area contributed by atoms with Gasteiger partial charge < -0.3 is 5.11 Å². The van der Waals surface area contributed by atoms with E-state index in [0.29, 0.717) is 0 Å². The molecular formula is C20H15ClN2O2. The Balaban J connectivity index is 1.74. The van der Waals surface area contributed by atoms with Gasteiger partial charge in [-0.25, -0.2) is 9.48 Å². The van der Waals surface area contributed by atoms with E-state index in [2.05, 4.69) is 11.2 Å². The van der Waals surface area contributed by atoms with Gasteiger partial charge in [0.2, 0.25) is 0 Å². The van der Waals surface area contributed by atoms with Gasteiger partial charge >= 0.3 is 5.97 Å². The zero-order valence-corrected chi connectivity index (χ0v) is 14.1. The SMILES string of the molecule is O=C(O)c1ccc(-n2ncc3c2/C(=C/c2ccc(Cl)cc2)CC3)cc1. The van der Waals surface area contributed by atoms with Gasteiger partial charge in [0.15, 0.2) is 0 Å². The molecule has 124 valence electrons. The third-order valence-corrected chi connectivity index (χ3v) is 4.63. The molecule has 0 spiro atoms. The van der Waals surface area contributed by atoms with Crippen LogP contribution in [-0.4, -0.2) is 20.9 Å². The Morgan fingerprint density at radius 1 is 1.08 bits per heavy atom. The Labute approximate surface area is 150 Å². The number of hydrogen-bond donors (Lipinski definition) is 1. The lowest BCUT2D eigenvalue weighted by atomic mass is 10.1. The van der Waals surface area contributed by atoms with Crippen molar-refractivity contribution in [3.63, 3.8) is 0 Å². The molecule has 1 aliphatic carbocycles. The van der Waals surface area contributed by atoms with Crippen LogP contribution in [0.2, 0.25) is 5.02 Å². The van der Waals surface area contributed by atoms with Gasteiger partial charge in [-0.15, -0.1) is 0 Å². The molecule has 0 unspecified atom stereocenters. The lowest BCUT2D eigenvalue weighted by Gasteiger charge is -2.08. The molecule has 4 rings (SSSR count). The van der Waals surface area contributed by atoms with E-state index in [9.17, 15) is 4.79 Å². The summed E-state index contributed by atoms with van der Waals surface area (Å²) in [4.78, 5) is 11.0. The number of benzene rings is 2. The average molecular weight is 351 g/mol. The molecule has 1 aliphatic rings. The van der Waals surface area contributed by atoms with Crippen LogP contribution < -0.4 is 0 Å². The Morgan fingerprint density at radius 2 is 1.80 bits per heavy atom. The maximum Gasteiger partial charge on any atom is 0.335 e. The zero-order valence-electron chi connectivity index (χ0n) is 13.3. The number of allylic oxidation sites excluding steroid dienone is 1. The van der Waals surface area contributed by atoms with Crippen LogP contribution in [0.4, 0.5) is 0 Å². The Bertz CT molecular complexity index is 970. The minimum Gasteiger partial charge on any atom is -0.478 e. The highest BCUT2D eigenvalue weighted by Gasteiger charge is 2.22. The topological polar surface area (TPSA) is 55.1 Å². The highest BCUT2D eigenvalue weighted by Crippen LogP contribution is 2.35. The normalized spacial score (nSPS) is 14.7. The molecule has 4 nitrogen and oxygen atoms in total. The van der Waals surface area contributed by atoms with Gasteiger partial charge in [0, 0.05) is 5.02 Å². The third kappa shape index (κ3) is 2.96. The molecule has 0 atom stereocenters. The molecule has 1 aromatic heterocycles. The molecule has 1 N–H and O–H groups in total. The lowest BCUT2D eigenvalue weighted by molar-refractivity contribution is 0.0697. The number of aromatic carboxylic acids is 1. The number of halogens is 1. The van der Waals surface area contributed by atoms with Gasteiger partial charge in [-0.1, -0.05) is 23.7 Å². The smallest absolute Gasteiger partial charge is 0.335 e. The van der Waals surface area contributed by atoms with Crippen LogP contribution in [0.5, 0.6) is 0 Å². The number of aromatic nitrogens is 2. The molecular weight excluding hydrogens is 336 g/mol. The second-order valence-electron chi connectivity index (χ2n) is 6.00. The van der Waals surface area contributed by atoms with Crippen molar-refractivity contribution in [2.45, 2.75) is 12.8 Å². The van der Waals surface area contributed by atoms with Gasteiger partial charge in [-0.2, -0.15) is 5.10 Å². The number of hydrogen-bond acceptors (Lipinski definition) is 2. The molecule has 0 saturated carbocycles. The second-order valence-corrected chi connectivity index (χ2v) is 6.44. The van der Waals surface area contributed by atoms with E-state index >= 15 is 0 Å². The molecule has 1 heterocycles. The summed E-state index contributed by atoms with van der Waals surface area (Å²) < 4.78 is 1.88. The first kappa shape index (κ1) is 15.7. The fourth-order valence-electron chi connectivity index (χ4n) is 3.14. The van der Waals surface area contributed by atoms with Gasteiger partial charge in [0.25, 0.3) is 0 Å². The number of rotatable bonds is 3. The maximum atomic E-state index is 11.0. The number of aryl methyl sites for hydroxylation is 1. The van der Waals surface area contributed by atoms with Crippen LogP contribution in [0.1, 0.15) is 33.6 Å². The van der Waals surface area contributed by atoms with E-state index in [-0.39, 0.29) is 5.56 Å². The third-order valence-electron chi connectivity index (χ3n) is 4.38. The molecule has 5 heteroatoms. The number of carbonyl (C=O) groups is 1. The number of fused-ring (bicyclic) bond motifs is 1.